The summed E-state index contributed by atoms with van der Waals surface area (Å²) >= 11 is 0. The minimum absolute atomic E-state index is 0.0251. The summed E-state index contributed by atoms with van der Waals surface area (Å²) in [4.78, 5) is 21.5. The van der Waals surface area contributed by atoms with E-state index in [-0.39, 0.29) is 22.7 Å². The monoisotopic (exact) mass is 398 g/mol. The normalized spacial score (nSPS) is 16.6. The number of nitrogens with zero attached hydrogens (tertiary/aromatic N) is 3. The number of aromatic nitrogens is 3. The van der Waals surface area contributed by atoms with Gasteiger partial charge in [0.05, 0.1) is 10.9 Å². The molecule has 29 heavy (non-hydrogen) atoms. The molecule has 5 nitrogen and oxygen atoms in total. The Kier molecular flexibility index (Phi) is 4.44. The highest BCUT2D eigenvalue weighted by molar-refractivity contribution is 5.88. The van der Waals surface area contributed by atoms with Gasteiger partial charge in [-0.15, -0.1) is 0 Å². The van der Waals surface area contributed by atoms with E-state index in [9.17, 15) is 13.6 Å². The van der Waals surface area contributed by atoms with Gasteiger partial charge < -0.3 is 9.88 Å². The number of alkyl halides is 2. The molecule has 2 aromatic heterocycles. The lowest BCUT2D eigenvalue weighted by atomic mass is 10.0. The minimum atomic E-state index is -2.90. The van der Waals surface area contributed by atoms with Crippen molar-refractivity contribution < 1.29 is 8.78 Å². The van der Waals surface area contributed by atoms with Gasteiger partial charge in [-0.3, -0.25) is 4.79 Å². The number of nitrogens with one attached hydrogen (secondary N) is 1. The van der Waals surface area contributed by atoms with E-state index in [0.717, 1.165) is 30.7 Å². The number of fused-ring (bicyclic) bond motifs is 1. The molecule has 1 atom stereocenters. The van der Waals surface area contributed by atoms with Crippen LogP contribution in [0.2, 0.25) is 0 Å². The quantitative estimate of drug-likeness (QED) is 0.665. The first-order chi connectivity index (χ1) is 13.6. The number of benzene rings is 1. The van der Waals surface area contributed by atoms with Crippen molar-refractivity contribution >= 4 is 16.7 Å². The second-order valence-electron chi connectivity index (χ2n) is 8.28. The molecule has 2 heterocycles. The second kappa shape index (κ2) is 6.61. The van der Waals surface area contributed by atoms with Gasteiger partial charge in [-0.05, 0) is 45.2 Å². The summed E-state index contributed by atoms with van der Waals surface area (Å²) in [7, 11) is 0. The van der Waals surface area contributed by atoms with Crippen LogP contribution >= 0.6 is 0 Å². The Morgan fingerprint density at radius 2 is 1.97 bits per heavy atom. The largest absolute Gasteiger partial charge is 0.363 e. The molecule has 4 rings (SSSR count). The van der Waals surface area contributed by atoms with Crippen molar-refractivity contribution in [3.63, 3.8) is 0 Å². The van der Waals surface area contributed by atoms with Crippen molar-refractivity contribution in [2.24, 2.45) is 0 Å². The highest BCUT2D eigenvalue weighted by atomic mass is 19.3. The van der Waals surface area contributed by atoms with E-state index in [1.807, 2.05) is 19.2 Å². The number of halogens is 2. The van der Waals surface area contributed by atoms with E-state index in [4.69, 9.17) is 0 Å². The first kappa shape index (κ1) is 19.5. The Bertz CT molecular complexity index is 1150. The number of rotatable bonds is 5. The smallest absolute Gasteiger partial charge is 0.270 e. The van der Waals surface area contributed by atoms with Crippen LogP contribution in [-0.2, 0) is 11.5 Å². The average molecular weight is 398 g/mol. The number of anilines is 1. The molecule has 0 saturated heterocycles. The fourth-order valence-corrected chi connectivity index (χ4v) is 3.54. The van der Waals surface area contributed by atoms with Gasteiger partial charge in [0.1, 0.15) is 11.6 Å². The predicted octanol–water partition coefficient (Wildman–Crippen LogP) is 4.89. The molecule has 0 radical (unpaired) electrons. The highest BCUT2D eigenvalue weighted by Gasteiger charge is 2.40. The van der Waals surface area contributed by atoms with Gasteiger partial charge in [-0.25, -0.2) is 18.7 Å². The van der Waals surface area contributed by atoms with Crippen LogP contribution in [0.5, 0.6) is 0 Å². The van der Waals surface area contributed by atoms with Gasteiger partial charge in [0.15, 0.2) is 0 Å². The Balaban J connectivity index is 1.75. The summed E-state index contributed by atoms with van der Waals surface area (Å²) in [6.45, 7) is 6.61. The zero-order valence-corrected chi connectivity index (χ0v) is 17.0. The topological polar surface area (TPSA) is 59.8 Å². The fourth-order valence-electron chi connectivity index (χ4n) is 3.54. The predicted molar refractivity (Wildman–Crippen MR) is 109 cm³/mol. The molecule has 3 aromatic rings. The van der Waals surface area contributed by atoms with E-state index >= 15 is 0 Å². The molecule has 0 aliphatic heterocycles. The van der Waals surface area contributed by atoms with Crippen LogP contribution in [0.15, 0.2) is 41.3 Å². The average Bonchev–Trinajstić information content (AvgIpc) is 3.38. The Labute approximate surface area is 167 Å². The molecular formula is C22H24F2N4O. The third kappa shape index (κ3) is 3.73. The van der Waals surface area contributed by atoms with Crippen molar-refractivity contribution in [2.45, 2.75) is 58.0 Å². The van der Waals surface area contributed by atoms with E-state index in [2.05, 4.69) is 22.2 Å². The summed E-state index contributed by atoms with van der Waals surface area (Å²) in [6, 6.07) is 7.66. The third-order valence-corrected chi connectivity index (χ3v) is 5.64. The molecule has 1 unspecified atom stereocenters. The number of aryl methyl sites for hydroxylation is 1. The fraction of sp³-hybridized carbons (Fsp3) is 0.409. The second-order valence-corrected chi connectivity index (χ2v) is 8.28. The molecule has 1 N–H and O–H groups in total. The summed E-state index contributed by atoms with van der Waals surface area (Å²) in [5.41, 5.74) is 1.05. The number of hydrogen-bond donors (Lipinski definition) is 1. The molecule has 0 spiro atoms. The van der Waals surface area contributed by atoms with Crippen LogP contribution in [-0.4, -0.2) is 14.5 Å². The lowest BCUT2D eigenvalue weighted by Gasteiger charge is -2.20. The van der Waals surface area contributed by atoms with Gasteiger partial charge in [0, 0.05) is 36.3 Å². The zero-order valence-electron chi connectivity index (χ0n) is 17.0. The molecule has 0 bridgehead atoms. The van der Waals surface area contributed by atoms with Crippen LogP contribution in [0.4, 0.5) is 14.6 Å². The van der Waals surface area contributed by atoms with Gasteiger partial charge in [0.2, 0.25) is 0 Å². The molecule has 1 aliphatic rings. The Hall–Kier alpha value is -2.83. The van der Waals surface area contributed by atoms with E-state index in [0.29, 0.717) is 17.2 Å². The van der Waals surface area contributed by atoms with Crippen LogP contribution in [0, 0.1) is 6.92 Å². The lowest BCUT2D eigenvalue weighted by Crippen LogP contribution is -2.27. The van der Waals surface area contributed by atoms with Crippen LogP contribution < -0.4 is 10.9 Å². The summed E-state index contributed by atoms with van der Waals surface area (Å²) < 4.78 is 29.2. The summed E-state index contributed by atoms with van der Waals surface area (Å²) in [5, 5.41) is 4.07. The number of pyridine rings is 1. The van der Waals surface area contributed by atoms with Crippen molar-refractivity contribution in [3.05, 3.63) is 63.8 Å². The summed E-state index contributed by atoms with van der Waals surface area (Å²) in [6.07, 6.45) is 3.74. The summed E-state index contributed by atoms with van der Waals surface area (Å²) in [5.74, 6) is -1.77. The lowest BCUT2D eigenvalue weighted by molar-refractivity contribution is 0.0174. The molecule has 1 saturated carbocycles. The minimum Gasteiger partial charge on any atom is -0.363 e. The molecule has 0 amide bonds. The maximum Gasteiger partial charge on any atom is 0.270 e. The molecule has 152 valence electrons. The Morgan fingerprint density at radius 1 is 1.24 bits per heavy atom. The first-order valence-corrected chi connectivity index (χ1v) is 9.73. The Morgan fingerprint density at radius 3 is 2.62 bits per heavy atom. The van der Waals surface area contributed by atoms with Gasteiger partial charge in [0.25, 0.3) is 11.5 Å². The van der Waals surface area contributed by atoms with E-state index in [1.54, 1.807) is 23.6 Å². The van der Waals surface area contributed by atoms with Crippen molar-refractivity contribution in [1.82, 2.24) is 14.5 Å². The molecule has 1 aliphatic carbocycles. The molecule has 1 aromatic carbocycles. The zero-order chi connectivity index (χ0) is 21.0. The standard InChI is InChI=1S/C22H24F2N4O/c1-13(15-6-5-7-16(10-15)22(4,23)24)25-20-17-12-28(21(3)8-9-21)19(29)11-18(17)26-14(2)27-20/h5-7,10-13H,8-9H2,1-4H3,(H,25,26,27). The van der Waals surface area contributed by atoms with E-state index in [1.165, 1.54) is 12.1 Å². The van der Waals surface area contributed by atoms with Crippen molar-refractivity contribution in [3.8, 4) is 0 Å². The molecule has 1 fully saturated rings. The highest BCUT2D eigenvalue weighted by Crippen LogP contribution is 2.42. The first-order valence-electron chi connectivity index (χ1n) is 9.73. The maximum absolute atomic E-state index is 13.7. The van der Waals surface area contributed by atoms with Gasteiger partial charge >= 0.3 is 0 Å². The maximum atomic E-state index is 13.7. The third-order valence-electron chi connectivity index (χ3n) is 5.64. The van der Waals surface area contributed by atoms with Crippen LogP contribution in [0.1, 0.15) is 56.6 Å². The molecular weight excluding hydrogens is 374 g/mol. The molecule has 7 heteroatoms. The SMILES string of the molecule is Cc1nc(NC(C)c2cccc(C(C)(F)F)c2)c2cn(C3(C)CC3)c(=O)cc2n1. The number of hydrogen-bond acceptors (Lipinski definition) is 4. The van der Waals surface area contributed by atoms with Crippen molar-refractivity contribution in [2.75, 3.05) is 5.32 Å². The van der Waals surface area contributed by atoms with Gasteiger partial charge in [-0.1, -0.05) is 18.2 Å². The van der Waals surface area contributed by atoms with Gasteiger partial charge in [-0.2, -0.15) is 0 Å². The van der Waals surface area contributed by atoms with Crippen LogP contribution in [0.25, 0.3) is 10.9 Å². The van der Waals surface area contributed by atoms with E-state index < -0.39 is 5.92 Å². The van der Waals surface area contributed by atoms with Crippen molar-refractivity contribution in [1.29, 1.82) is 0 Å². The van der Waals surface area contributed by atoms with Crippen LogP contribution in [0.3, 0.4) is 0 Å².